The molecule has 8 aromatic rings. The number of rotatable bonds is 4. The van der Waals surface area contributed by atoms with E-state index in [1.165, 1.54) is 53.5 Å². The zero-order valence-electron chi connectivity index (χ0n) is 26.3. The van der Waals surface area contributed by atoms with Crippen LogP contribution in [0.2, 0.25) is 0 Å². The minimum absolute atomic E-state index is 0.0762. The van der Waals surface area contributed by atoms with Crippen molar-refractivity contribution >= 4 is 88.7 Å². The molecule has 0 N–H and O–H groups in total. The summed E-state index contributed by atoms with van der Waals surface area (Å²) in [5, 5.41) is 2.49. The Bertz CT molecular complexity index is 2470. The standard InChI is InChI=1S/C43H29BN2OS/c1-28-23-38-43-40(24-28)47-39-26-34-33-22-21-32(45(29-13-5-2-6-14-29)30-15-7-3-8-16-30)25-41(33)48-42(34)27-36(39)44(43)35-19-11-12-20-37(35)46(38)31-17-9-4-10-18-31/h2-27H,1H3. The van der Waals surface area contributed by atoms with Gasteiger partial charge in [0, 0.05) is 54.3 Å². The van der Waals surface area contributed by atoms with Crippen LogP contribution in [-0.2, 0) is 0 Å². The first-order valence-electron chi connectivity index (χ1n) is 16.4. The number of anilines is 6. The molecular formula is C43H29BN2OS. The van der Waals surface area contributed by atoms with E-state index in [2.05, 4.69) is 174 Å². The number of para-hydroxylation sites is 4. The lowest BCUT2D eigenvalue weighted by atomic mass is 9.34. The first-order valence-corrected chi connectivity index (χ1v) is 17.2. The molecule has 3 heterocycles. The number of aryl methyl sites for hydroxylation is 1. The predicted octanol–water partition coefficient (Wildman–Crippen LogP) is 10.2. The molecule has 7 aromatic carbocycles. The van der Waals surface area contributed by atoms with Crippen molar-refractivity contribution in [2.24, 2.45) is 0 Å². The zero-order chi connectivity index (χ0) is 31.8. The van der Waals surface area contributed by atoms with Gasteiger partial charge < -0.3 is 14.5 Å². The second-order valence-electron chi connectivity index (χ2n) is 12.6. The van der Waals surface area contributed by atoms with Gasteiger partial charge in [-0.2, -0.15) is 0 Å². The second-order valence-corrected chi connectivity index (χ2v) is 13.7. The summed E-state index contributed by atoms with van der Waals surface area (Å²) in [5.74, 6) is 1.89. The Balaban J connectivity index is 1.16. The molecule has 0 atom stereocenters. The third kappa shape index (κ3) is 4.14. The lowest BCUT2D eigenvalue weighted by molar-refractivity contribution is 0.488. The maximum Gasteiger partial charge on any atom is 0.256 e. The molecule has 2 aliphatic rings. The van der Waals surface area contributed by atoms with Crippen LogP contribution in [-0.4, -0.2) is 6.71 Å². The number of benzene rings is 7. The molecule has 2 aliphatic heterocycles. The van der Waals surface area contributed by atoms with Crippen LogP contribution in [0.15, 0.2) is 158 Å². The van der Waals surface area contributed by atoms with E-state index in [1.807, 2.05) is 11.3 Å². The molecule has 0 bridgehead atoms. The maximum atomic E-state index is 6.88. The van der Waals surface area contributed by atoms with Crippen LogP contribution in [0.25, 0.3) is 20.2 Å². The summed E-state index contributed by atoms with van der Waals surface area (Å²) in [7, 11) is 0. The Morgan fingerprint density at radius 1 is 0.542 bits per heavy atom. The van der Waals surface area contributed by atoms with Gasteiger partial charge in [-0.1, -0.05) is 78.9 Å². The van der Waals surface area contributed by atoms with E-state index in [9.17, 15) is 0 Å². The van der Waals surface area contributed by atoms with Gasteiger partial charge in [-0.3, -0.25) is 0 Å². The average molecular weight is 633 g/mol. The van der Waals surface area contributed by atoms with E-state index >= 15 is 0 Å². The van der Waals surface area contributed by atoms with E-state index in [0.29, 0.717) is 0 Å². The Morgan fingerprint density at radius 3 is 1.96 bits per heavy atom. The molecule has 5 heteroatoms. The lowest BCUT2D eigenvalue weighted by Gasteiger charge is -2.40. The molecular weight excluding hydrogens is 603 g/mol. The van der Waals surface area contributed by atoms with Gasteiger partial charge in [0.15, 0.2) is 0 Å². The quantitative estimate of drug-likeness (QED) is 0.180. The van der Waals surface area contributed by atoms with Crippen molar-refractivity contribution in [3.63, 3.8) is 0 Å². The number of thiophene rings is 1. The van der Waals surface area contributed by atoms with Gasteiger partial charge in [0.25, 0.3) is 6.71 Å². The van der Waals surface area contributed by atoms with Crippen molar-refractivity contribution in [2.45, 2.75) is 6.92 Å². The van der Waals surface area contributed by atoms with E-state index < -0.39 is 0 Å². The first-order chi connectivity index (χ1) is 23.7. The first kappa shape index (κ1) is 27.3. The largest absolute Gasteiger partial charge is 0.458 e. The summed E-state index contributed by atoms with van der Waals surface area (Å²) in [6, 6.07) is 56.8. The van der Waals surface area contributed by atoms with Crippen molar-refractivity contribution < 1.29 is 4.74 Å². The SMILES string of the molecule is Cc1cc2c3c(c1)N(c1ccccc1)c1ccccc1B3c1cc3sc4cc(N(c5ccccc5)c5ccccc5)ccc4c3cc1O2. The third-order valence-electron chi connectivity index (χ3n) is 9.70. The lowest BCUT2D eigenvalue weighted by Crippen LogP contribution is -2.59. The number of nitrogens with zero attached hydrogens (tertiary/aromatic N) is 2. The van der Waals surface area contributed by atoms with E-state index in [0.717, 1.165) is 34.2 Å². The Kier molecular flexibility index (Phi) is 6.05. The molecule has 226 valence electrons. The zero-order valence-corrected chi connectivity index (χ0v) is 27.1. The fraction of sp³-hybridized carbons (Fsp3) is 0.0233. The fourth-order valence-corrected chi connectivity index (χ4v) is 8.85. The van der Waals surface area contributed by atoms with Crippen molar-refractivity contribution in [3.05, 3.63) is 163 Å². The van der Waals surface area contributed by atoms with Gasteiger partial charge >= 0.3 is 0 Å². The monoisotopic (exact) mass is 632 g/mol. The van der Waals surface area contributed by atoms with E-state index in [1.54, 1.807) is 0 Å². The second kappa shape index (κ2) is 10.6. The molecule has 0 amide bonds. The number of hydrogen-bond donors (Lipinski definition) is 0. The smallest absolute Gasteiger partial charge is 0.256 e. The summed E-state index contributed by atoms with van der Waals surface area (Å²) in [4.78, 5) is 4.73. The van der Waals surface area contributed by atoms with Gasteiger partial charge in [0.1, 0.15) is 11.5 Å². The molecule has 48 heavy (non-hydrogen) atoms. The Labute approximate surface area is 284 Å². The maximum absolute atomic E-state index is 6.88. The Morgan fingerprint density at radius 2 is 1.21 bits per heavy atom. The summed E-state index contributed by atoms with van der Waals surface area (Å²) < 4.78 is 9.41. The van der Waals surface area contributed by atoms with Crippen molar-refractivity contribution in [2.75, 3.05) is 9.80 Å². The molecule has 0 fully saturated rings. The van der Waals surface area contributed by atoms with Crippen LogP contribution in [0.1, 0.15) is 5.56 Å². The van der Waals surface area contributed by atoms with Crippen LogP contribution in [0.3, 0.4) is 0 Å². The van der Waals surface area contributed by atoms with Crippen LogP contribution < -0.4 is 30.9 Å². The molecule has 0 saturated heterocycles. The average Bonchev–Trinajstić information content (AvgIpc) is 3.48. The van der Waals surface area contributed by atoms with Crippen LogP contribution in [0.4, 0.5) is 34.1 Å². The summed E-state index contributed by atoms with van der Waals surface area (Å²) in [6.07, 6.45) is 0. The number of fused-ring (bicyclic) bond motifs is 7. The molecule has 3 nitrogen and oxygen atoms in total. The van der Waals surface area contributed by atoms with Crippen molar-refractivity contribution in [3.8, 4) is 11.5 Å². The van der Waals surface area contributed by atoms with Crippen molar-refractivity contribution in [1.29, 1.82) is 0 Å². The number of ether oxygens (including phenoxy) is 1. The highest BCUT2D eigenvalue weighted by atomic mass is 32.1. The third-order valence-corrected chi connectivity index (χ3v) is 10.8. The van der Waals surface area contributed by atoms with Crippen LogP contribution in [0, 0.1) is 6.92 Å². The molecule has 0 radical (unpaired) electrons. The Hall–Kier alpha value is -5.78. The van der Waals surface area contributed by atoms with E-state index in [-0.39, 0.29) is 6.71 Å². The normalized spacial score (nSPS) is 12.8. The minimum atomic E-state index is 0.0762. The van der Waals surface area contributed by atoms with Crippen LogP contribution >= 0.6 is 11.3 Å². The topological polar surface area (TPSA) is 15.7 Å². The highest BCUT2D eigenvalue weighted by Crippen LogP contribution is 2.44. The highest BCUT2D eigenvalue weighted by molar-refractivity contribution is 7.26. The fourth-order valence-electron chi connectivity index (χ4n) is 7.68. The van der Waals surface area contributed by atoms with E-state index in [4.69, 9.17) is 4.74 Å². The predicted molar refractivity (Wildman–Crippen MR) is 205 cm³/mol. The molecule has 0 unspecified atom stereocenters. The number of hydrogen-bond acceptors (Lipinski definition) is 4. The van der Waals surface area contributed by atoms with Crippen molar-refractivity contribution in [1.82, 2.24) is 0 Å². The van der Waals surface area contributed by atoms with Gasteiger partial charge in [-0.05, 0) is 108 Å². The van der Waals surface area contributed by atoms with Gasteiger partial charge in [0.05, 0.1) is 0 Å². The summed E-state index contributed by atoms with van der Waals surface area (Å²) in [5.41, 5.74) is 11.9. The van der Waals surface area contributed by atoms with Gasteiger partial charge in [0.2, 0.25) is 0 Å². The summed E-state index contributed by atoms with van der Waals surface area (Å²) in [6.45, 7) is 2.24. The molecule has 0 spiro atoms. The molecule has 0 saturated carbocycles. The van der Waals surface area contributed by atoms with Gasteiger partial charge in [-0.15, -0.1) is 11.3 Å². The highest BCUT2D eigenvalue weighted by Gasteiger charge is 2.42. The van der Waals surface area contributed by atoms with Crippen LogP contribution in [0.5, 0.6) is 11.5 Å². The molecule has 1 aromatic heterocycles. The molecule has 0 aliphatic carbocycles. The minimum Gasteiger partial charge on any atom is -0.458 e. The molecule has 10 rings (SSSR count). The van der Waals surface area contributed by atoms with Gasteiger partial charge in [-0.25, -0.2) is 0 Å². The summed E-state index contributed by atoms with van der Waals surface area (Å²) >= 11 is 1.86.